The Morgan fingerprint density at radius 1 is 1.12 bits per heavy atom. The van der Waals surface area contributed by atoms with Crippen LogP contribution in [0.3, 0.4) is 0 Å². The molecule has 46 valence electrons. The third kappa shape index (κ3) is 5.51. The van der Waals surface area contributed by atoms with E-state index in [1.165, 1.54) is 0 Å². The van der Waals surface area contributed by atoms with Crippen molar-refractivity contribution in [3.8, 4) is 0 Å². The van der Waals surface area contributed by atoms with E-state index in [-0.39, 0.29) is 16.5 Å². The first kappa shape index (κ1) is 10.5. The second-order valence-corrected chi connectivity index (χ2v) is 0.962. The van der Waals surface area contributed by atoms with Crippen molar-refractivity contribution in [3.05, 3.63) is 30.3 Å². The van der Waals surface area contributed by atoms with Crippen LogP contribution in [-0.2, 0) is 21.3 Å². The number of nitrogens with zero attached hydrogens (tertiary/aromatic N) is 1. The van der Waals surface area contributed by atoms with Crippen molar-refractivity contribution < 1.29 is 21.3 Å². The molecule has 2 nitrogen and oxygen atoms in total. The summed E-state index contributed by atoms with van der Waals surface area (Å²) < 4.78 is 7.25. The predicted octanol–water partition coefficient (Wildman–Crippen LogP) is 1.30. The second kappa shape index (κ2) is 9.72. The Hall–Kier alpha value is -0.486. The van der Waals surface area contributed by atoms with Crippen molar-refractivity contribution >= 4 is 0 Å². The Bertz CT molecular complexity index is 96.0. The molecule has 0 saturated heterocycles. The maximum atomic E-state index is 7.25. The molecule has 0 aliphatic rings. The zero-order valence-corrected chi connectivity index (χ0v) is 5.05. The summed E-state index contributed by atoms with van der Waals surface area (Å²) in [5.74, 6) is 0. The van der Waals surface area contributed by atoms with Crippen LogP contribution in [0.1, 0.15) is 0 Å². The molecule has 0 heterocycles. The van der Waals surface area contributed by atoms with Crippen molar-refractivity contribution in [2.24, 2.45) is 0 Å². The van der Waals surface area contributed by atoms with Crippen LogP contribution >= 0.6 is 0 Å². The minimum Gasteiger partial charge on any atom is -0.214 e. The van der Waals surface area contributed by atoms with E-state index >= 15 is 0 Å². The van der Waals surface area contributed by atoms with Gasteiger partial charge in [0.05, 0.1) is 0 Å². The fourth-order valence-corrected chi connectivity index (χ4v) is 0.321. The van der Waals surface area contributed by atoms with Crippen LogP contribution in [0.2, 0.25) is 0 Å². The molecule has 0 aromatic heterocycles. The van der Waals surface area contributed by atoms with E-state index in [0.29, 0.717) is 0 Å². The summed E-state index contributed by atoms with van der Waals surface area (Å²) in [6.45, 7) is 0. The zero-order valence-electron chi connectivity index (χ0n) is 4.06. The Balaban J connectivity index is 0. The standard InChI is InChI=1S/C5H5.NO.Ni/c1-2-4-5-3-1;1-2;/h1-5H;;/q-1;+1;. The summed E-state index contributed by atoms with van der Waals surface area (Å²) in [5.41, 5.74) is 5.75. The van der Waals surface area contributed by atoms with Gasteiger partial charge in [-0.25, -0.2) is 12.1 Å². The van der Waals surface area contributed by atoms with Gasteiger partial charge < -0.3 is 0 Å². The molecule has 0 fully saturated rings. The molecule has 0 atom stereocenters. The molecular weight excluding hydrogens is 149 g/mol. The molecule has 0 bridgehead atoms. The van der Waals surface area contributed by atoms with E-state index < -0.39 is 0 Å². The number of rotatable bonds is 0. The van der Waals surface area contributed by atoms with Gasteiger partial charge >= 0.3 is 10.2 Å². The fraction of sp³-hybridized carbons (Fsp3) is 0. The summed E-state index contributed by atoms with van der Waals surface area (Å²) in [5, 5.41) is 0. The molecule has 0 aliphatic carbocycles. The van der Waals surface area contributed by atoms with E-state index in [1.807, 2.05) is 30.3 Å². The average molecular weight is 154 g/mol. The first-order valence-corrected chi connectivity index (χ1v) is 1.85. The van der Waals surface area contributed by atoms with Gasteiger partial charge in [0.2, 0.25) is 0 Å². The monoisotopic (exact) mass is 153 g/mol. The van der Waals surface area contributed by atoms with Crippen molar-refractivity contribution in [2.45, 2.75) is 0 Å². The van der Waals surface area contributed by atoms with Crippen LogP contribution in [-0.4, -0.2) is 0 Å². The summed E-state index contributed by atoms with van der Waals surface area (Å²) in [7, 11) is 0. The van der Waals surface area contributed by atoms with E-state index in [1.54, 1.807) is 0 Å². The van der Waals surface area contributed by atoms with Crippen molar-refractivity contribution in [3.63, 3.8) is 0 Å². The van der Waals surface area contributed by atoms with Crippen LogP contribution in [0.25, 0.3) is 0 Å². The van der Waals surface area contributed by atoms with Crippen LogP contribution in [0.15, 0.2) is 30.3 Å². The third-order valence-electron chi connectivity index (χ3n) is 0.556. The first-order chi connectivity index (χ1) is 3.50. The Morgan fingerprint density at radius 2 is 1.50 bits per heavy atom. The number of hydrogen-bond acceptors (Lipinski definition) is 1. The molecule has 0 saturated carbocycles. The number of hydrogen-bond donors (Lipinski definition) is 0. The molecule has 3 heteroatoms. The topological polar surface area (TPSA) is 43.7 Å². The Labute approximate surface area is 57.7 Å². The van der Waals surface area contributed by atoms with Gasteiger partial charge in [-0.15, -0.1) is 0 Å². The summed E-state index contributed by atoms with van der Waals surface area (Å²) in [6, 6.07) is 10.0. The van der Waals surface area contributed by atoms with Gasteiger partial charge in [0, 0.05) is 16.5 Å². The normalized spacial score (nSPS) is 5.25. The summed E-state index contributed by atoms with van der Waals surface area (Å²) in [4.78, 5) is 0. The largest absolute Gasteiger partial charge is 0.214 e. The molecular formula is C5H5NNiO. The average Bonchev–Trinajstić information content (AvgIpc) is 2.23. The van der Waals surface area contributed by atoms with Gasteiger partial charge in [0.1, 0.15) is 0 Å². The maximum Gasteiger partial charge on any atom is 0 e. The van der Waals surface area contributed by atoms with E-state index in [9.17, 15) is 0 Å². The van der Waals surface area contributed by atoms with E-state index in [0.717, 1.165) is 0 Å². The Morgan fingerprint density at radius 3 is 1.62 bits per heavy atom. The molecule has 0 spiro atoms. The maximum absolute atomic E-state index is 7.25. The van der Waals surface area contributed by atoms with Gasteiger partial charge in [0.15, 0.2) is 0 Å². The van der Waals surface area contributed by atoms with Gasteiger partial charge in [-0.1, -0.05) is 0 Å². The molecule has 0 aliphatic heterocycles. The van der Waals surface area contributed by atoms with Crippen LogP contribution in [0, 0.1) is 5.46 Å². The second-order valence-electron chi connectivity index (χ2n) is 0.962. The molecule has 0 amide bonds. The molecule has 1 aromatic carbocycles. The predicted molar refractivity (Wildman–Crippen MR) is 24.4 cm³/mol. The van der Waals surface area contributed by atoms with E-state index in [4.69, 9.17) is 10.2 Å². The quantitative estimate of drug-likeness (QED) is 0.315. The summed E-state index contributed by atoms with van der Waals surface area (Å²) in [6.07, 6.45) is 0. The van der Waals surface area contributed by atoms with Crippen LogP contribution in [0.5, 0.6) is 0 Å². The van der Waals surface area contributed by atoms with Gasteiger partial charge in [-0.3, -0.25) is 0 Å². The minimum absolute atomic E-state index is 0. The first-order valence-electron chi connectivity index (χ1n) is 1.85. The molecule has 0 radical (unpaired) electrons. The zero-order chi connectivity index (χ0) is 5.54. The SMILES string of the molecule is N#[O+].[Ni].c1cc[cH-]c1. The minimum atomic E-state index is 0. The van der Waals surface area contributed by atoms with Gasteiger partial charge in [0.25, 0.3) is 0 Å². The fourth-order valence-electron chi connectivity index (χ4n) is 0.321. The Kier molecular flexibility index (Phi) is 12.7. The van der Waals surface area contributed by atoms with Crippen LogP contribution < -0.4 is 0 Å². The van der Waals surface area contributed by atoms with Crippen molar-refractivity contribution in [2.75, 3.05) is 0 Å². The molecule has 1 rings (SSSR count). The van der Waals surface area contributed by atoms with E-state index in [2.05, 4.69) is 0 Å². The molecule has 1 aromatic rings. The summed E-state index contributed by atoms with van der Waals surface area (Å²) >= 11 is 0. The van der Waals surface area contributed by atoms with Gasteiger partial charge in [-0.05, 0) is 0 Å². The molecule has 8 heavy (non-hydrogen) atoms. The van der Waals surface area contributed by atoms with Crippen molar-refractivity contribution in [1.29, 1.82) is 5.46 Å². The van der Waals surface area contributed by atoms with Crippen LogP contribution in [0.4, 0.5) is 0 Å². The molecule has 0 N–H and O–H groups in total. The molecule has 0 unspecified atom stereocenters. The van der Waals surface area contributed by atoms with Crippen molar-refractivity contribution in [1.82, 2.24) is 0 Å². The van der Waals surface area contributed by atoms with Gasteiger partial charge in [-0.2, -0.15) is 18.2 Å². The smallest absolute Gasteiger partial charge is 0 e. The third-order valence-corrected chi connectivity index (χ3v) is 0.556.